The number of hydrogen-bond acceptors (Lipinski definition) is 5. The minimum Gasteiger partial charge on any atom is -0.294 e. The first kappa shape index (κ1) is 16.0. The Hall–Kier alpha value is -3.08. The Morgan fingerprint density at radius 3 is 1.71 bits per heavy atom. The molecule has 0 bridgehead atoms. The molecule has 1 aliphatic rings. The van der Waals surface area contributed by atoms with Crippen LogP contribution in [0.5, 0.6) is 0 Å². The molecule has 5 nitrogen and oxygen atoms in total. The quantitative estimate of drug-likeness (QED) is 0.678. The highest BCUT2D eigenvalue weighted by atomic mass is 16.7. The summed E-state index contributed by atoms with van der Waals surface area (Å²) in [5.41, 5.74) is 0. The van der Waals surface area contributed by atoms with Gasteiger partial charge in [-0.15, -0.1) is 5.10 Å². The topological polar surface area (TPSA) is 63.4 Å². The van der Waals surface area contributed by atoms with Crippen molar-refractivity contribution in [3.63, 3.8) is 0 Å². The summed E-state index contributed by atoms with van der Waals surface area (Å²) in [6.45, 7) is 0. The van der Waals surface area contributed by atoms with E-state index >= 15 is 0 Å². The van der Waals surface area contributed by atoms with Gasteiger partial charge in [-0.3, -0.25) is 4.84 Å². The van der Waals surface area contributed by atoms with Crippen LogP contribution >= 0.6 is 0 Å². The van der Waals surface area contributed by atoms with Gasteiger partial charge in [0.15, 0.2) is 0 Å². The fraction of sp³-hybridized carbons (Fsp3) is 0. The van der Waals surface area contributed by atoms with Crippen LogP contribution in [0.4, 0.5) is 0 Å². The van der Waals surface area contributed by atoms with Gasteiger partial charge < -0.3 is 0 Å². The molecule has 0 N–H and O–H groups in total. The molecule has 0 spiro atoms. The van der Waals surface area contributed by atoms with Gasteiger partial charge in [0, 0.05) is 6.08 Å². The van der Waals surface area contributed by atoms with Gasteiger partial charge in [-0.05, 0) is 11.3 Å². The summed E-state index contributed by atoms with van der Waals surface area (Å²) in [7, 11) is 0. The molecule has 0 atom stereocenters. The van der Waals surface area contributed by atoms with Gasteiger partial charge in [-0.25, -0.2) is 4.79 Å². The SMILES string of the molecule is O=C1C=CC=CC=CC=CC=CC=CC=CC=NN=NO1. The first-order chi connectivity index (χ1) is 10.4. The molecule has 0 aromatic carbocycles. The molecule has 21 heavy (non-hydrogen) atoms. The average molecular weight is 281 g/mol. The zero-order valence-corrected chi connectivity index (χ0v) is 11.3. The second-order valence-electron chi connectivity index (χ2n) is 3.51. The van der Waals surface area contributed by atoms with Crippen molar-refractivity contribution < 1.29 is 9.63 Å². The van der Waals surface area contributed by atoms with E-state index in [1.807, 2.05) is 48.6 Å². The third-order valence-corrected chi connectivity index (χ3v) is 1.94. The van der Waals surface area contributed by atoms with Gasteiger partial charge >= 0.3 is 5.97 Å². The molecule has 0 unspecified atom stereocenters. The van der Waals surface area contributed by atoms with Crippen LogP contribution in [0, 0.1) is 0 Å². The average Bonchev–Trinajstić information content (AvgIpc) is 2.48. The normalized spacial score (nSPS) is 16.3. The van der Waals surface area contributed by atoms with Crippen LogP contribution in [0.25, 0.3) is 0 Å². The van der Waals surface area contributed by atoms with E-state index < -0.39 is 5.97 Å². The molecule has 1 rings (SSSR count). The summed E-state index contributed by atoms with van der Waals surface area (Å²) < 4.78 is 0. The van der Waals surface area contributed by atoms with Crippen molar-refractivity contribution in [3.8, 4) is 0 Å². The van der Waals surface area contributed by atoms with Gasteiger partial charge in [0.1, 0.15) is 0 Å². The van der Waals surface area contributed by atoms with Gasteiger partial charge in [0.2, 0.25) is 0 Å². The van der Waals surface area contributed by atoms with Gasteiger partial charge in [0.25, 0.3) is 0 Å². The van der Waals surface area contributed by atoms with Crippen LogP contribution in [0.3, 0.4) is 0 Å². The van der Waals surface area contributed by atoms with Crippen LogP contribution in [-0.4, -0.2) is 12.2 Å². The van der Waals surface area contributed by atoms with E-state index in [1.165, 1.54) is 12.3 Å². The minimum atomic E-state index is -0.625. The molecule has 0 fully saturated rings. The standard InChI is InChI=1S/C16H15N3O2/c20-16-14-12-10-8-6-4-2-1-3-5-7-9-11-13-15-17-18-19-21-16/h1-15H. The zero-order chi connectivity index (χ0) is 15.0. The molecule has 0 aromatic rings. The Labute approximate surface area is 123 Å². The van der Waals surface area contributed by atoms with E-state index in [1.54, 1.807) is 30.4 Å². The van der Waals surface area contributed by atoms with Crippen molar-refractivity contribution in [2.24, 2.45) is 15.6 Å². The first-order valence-corrected chi connectivity index (χ1v) is 6.20. The van der Waals surface area contributed by atoms with E-state index in [0.29, 0.717) is 0 Å². The molecular weight excluding hydrogens is 266 g/mol. The Morgan fingerprint density at radius 2 is 1.14 bits per heavy atom. The number of hydrogen-bond donors (Lipinski definition) is 0. The largest absolute Gasteiger partial charge is 0.360 e. The summed E-state index contributed by atoms with van der Waals surface area (Å²) in [5.74, 6) is -0.625. The molecule has 0 radical (unpaired) electrons. The van der Waals surface area contributed by atoms with Crippen molar-refractivity contribution in [2.75, 3.05) is 0 Å². The Kier molecular flexibility index (Phi) is 9.11. The maximum absolute atomic E-state index is 11.2. The fourth-order valence-corrected chi connectivity index (χ4v) is 1.07. The van der Waals surface area contributed by atoms with Crippen molar-refractivity contribution in [2.45, 2.75) is 0 Å². The number of rotatable bonds is 0. The van der Waals surface area contributed by atoms with Crippen molar-refractivity contribution >= 4 is 12.2 Å². The molecule has 1 heterocycles. The summed E-state index contributed by atoms with van der Waals surface area (Å²) in [6, 6.07) is 0. The van der Waals surface area contributed by atoms with Crippen LogP contribution in [0.2, 0.25) is 0 Å². The first-order valence-electron chi connectivity index (χ1n) is 6.20. The molecule has 0 amide bonds. The summed E-state index contributed by atoms with van der Waals surface area (Å²) in [6.07, 6.45) is 26.2. The van der Waals surface area contributed by atoms with E-state index in [0.717, 1.165) is 0 Å². The van der Waals surface area contributed by atoms with Crippen LogP contribution in [-0.2, 0) is 9.63 Å². The predicted octanol–water partition coefficient (Wildman–Crippen LogP) is 3.79. The van der Waals surface area contributed by atoms with Gasteiger partial charge in [-0.2, -0.15) is 0 Å². The molecule has 106 valence electrons. The maximum atomic E-state index is 11.2. The van der Waals surface area contributed by atoms with Crippen LogP contribution in [0.1, 0.15) is 0 Å². The summed E-state index contributed by atoms with van der Waals surface area (Å²) in [4.78, 5) is 15.6. The van der Waals surface area contributed by atoms with Crippen molar-refractivity contribution in [1.29, 1.82) is 0 Å². The minimum absolute atomic E-state index is 0.625. The Bertz CT molecular complexity index is 574. The molecule has 0 aliphatic carbocycles. The Morgan fingerprint density at radius 1 is 0.667 bits per heavy atom. The lowest BCUT2D eigenvalue weighted by atomic mass is 10.3. The second kappa shape index (κ2) is 12.0. The number of carbonyl (C=O) groups is 1. The van der Waals surface area contributed by atoms with Crippen LogP contribution in [0.15, 0.2) is 101 Å². The monoisotopic (exact) mass is 281 g/mol. The lowest BCUT2D eigenvalue weighted by Gasteiger charge is -1.85. The molecule has 0 saturated heterocycles. The highest BCUT2D eigenvalue weighted by molar-refractivity contribution is 5.82. The highest BCUT2D eigenvalue weighted by Gasteiger charge is 1.92. The lowest BCUT2D eigenvalue weighted by Crippen LogP contribution is -1.92. The highest BCUT2D eigenvalue weighted by Crippen LogP contribution is 1.88. The number of allylic oxidation sites excluding steroid dienone is 13. The van der Waals surface area contributed by atoms with Crippen molar-refractivity contribution in [1.82, 2.24) is 0 Å². The third kappa shape index (κ3) is 10.5. The van der Waals surface area contributed by atoms with Gasteiger partial charge in [-0.1, -0.05) is 72.9 Å². The molecule has 0 aromatic heterocycles. The van der Waals surface area contributed by atoms with Crippen LogP contribution < -0.4 is 0 Å². The smallest absolute Gasteiger partial charge is 0.294 e. The number of carbonyl (C=O) groups excluding carboxylic acids is 1. The fourth-order valence-electron chi connectivity index (χ4n) is 1.07. The zero-order valence-electron chi connectivity index (χ0n) is 11.3. The summed E-state index contributed by atoms with van der Waals surface area (Å²) in [5, 5.41) is 10.0. The Balaban J connectivity index is 2.69. The van der Waals surface area contributed by atoms with Crippen molar-refractivity contribution in [3.05, 3.63) is 85.1 Å². The molecule has 5 heteroatoms. The van der Waals surface area contributed by atoms with E-state index in [4.69, 9.17) is 0 Å². The predicted molar refractivity (Wildman–Crippen MR) is 83.4 cm³/mol. The molecule has 1 aliphatic heterocycles. The number of nitrogens with zero attached hydrogens (tertiary/aromatic N) is 3. The molecule has 0 saturated carbocycles. The van der Waals surface area contributed by atoms with E-state index in [-0.39, 0.29) is 0 Å². The summed E-state index contributed by atoms with van der Waals surface area (Å²) >= 11 is 0. The van der Waals surface area contributed by atoms with E-state index in [9.17, 15) is 4.79 Å². The second-order valence-corrected chi connectivity index (χ2v) is 3.51. The molecular formula is C16H15N3O2. The lowest BCUT2D eigenvalue weighted by molar-refractivity contribution is -0.138. The van der Waals surface area contributed by atoms with Gasteiger partial charge in [0.05, 0.1) is 11.5 Å². The van der Waals surface area contributed by atoms with E-state index in [2.05, 4.69) is 20.4 Å². The maximum Gasteiger partial charge on any atom is 0.360 e. The third-order valence-electron chi connectivity index (χ3n) is 1.94.